The molecule has 1 aromatic heterocycles. The summed E-state index contributed by atoms with van der Waals surface area (Å²) in [5, 5.41) is 7.88. The molecule has 0 radical (unpaired) electrons. The van der Waals surface area contributed by atoms with Gasteiger partial charge in [0.15, 0.2) is 5.96 Å². The predicted octanol–water partition coefficient (Wildman–Crippen LogP) is 3.37. The van der Waals surface area contributed by atoms with Gasteiger partial charge in [0.1, 0.15) is 0 Å². The van der Waals surface area contributed by atoms with Crippen LogP contribution < -0.4 is 5.32 Å². The number of rotatable bonds is 5. The molecule has 7 heteroatoms. The number of guanidine groups is 1. The van der Waals surface area contributed by atoms with E-state index in [1.54, 1.807) is 6.20 Å². The molecule has 0 bridgehead atoms. The van der Waals surface area contributed by atoms with Gasteiger partial charge in [0.25, 0.3) is 0 Å². The van der Waals surface area contributed by atoms with Crippen LogP contribution in [0.1, 0.15) is 31.2 Å². The fourth-order valence-corrected chi connectivity index (χ4v) is 4.43. The summed E-state index contributed by atoms with van der Waals surface area (Å²) in [4.78, 5) is 9.62. The van der Waals surface area contributed by atoms with Crippen LogP contribution >= 0.6 is 24.0 Å². The average Bonchev–Trinajstić information content (AvgIpc) is 3.42. The molecule has 4 rings (SSSR count). The molecule has 0 aliphatic carbocycles. The normalized spacial score (nSPS) is 20.5. The molecular weight excluding hydrogens is 475 g/mol. The average molecular weight is 508 g/mol. The number of nitrogens with zero attached hydrogens (tertiary/aromatic N) is 5. The Morgan fingerprint density at radius 3 is 2.79 bits per heavy atom. The number of nitrogens with one attached hydrogen (secondary N) is 1. The van der Waals surface area contributed by atoms with Gasteiger partial charge in [-0.25, -0.2) is 4.68 Å². The number of aliphatic imine (C=N–C) groups is 1. The first-order chi connectivity index (χ1) is 13.8. The number of halogens is 1. The molecule has 1 atom stereocenters. The van der Waals surface area contributed by atoms with E-state index in [1.807, 2.05) is 24.0 Å². The van der Waals surface area contributed by atoms with Crippen LogP contribution in [-0.2, 0) is 6.54 Å². The second-order valence-electron chi connectivity index (χ2n) is 7.98. The lowest BCUT2D eigenvalue weighted by atomic mass is 10.1. The lowest BCUT2D eigenvalue weighted by molar-refractivity contribution is 0.198. The lowest BCUT2D eigenvalue weighted by Gasteiger charge is -2.29. The van der Waals surface area contributed by atoms with Gasteiger partial charge in [-0.15, -0.1) is 24.0 Å². The topological polar surface area (TPSA) is 48.7 Å². The minimum absolute atomic E-state index is 0. The lowest BCUT2D eigenvalue weighted by Crippen LogP contribution is -2.41. The quantitative estimate of drug-likeness (QED) is 0.383. The molecule has 1 aromatic carbocycles. The Morgan fingerprint density at radius 1 is 1.17 bits per heavy atom. The van der Waals surface area contributed by atoms with Crippen molar-refractivity contribution in [2.45, 2.75) is 32.2 Å². The summed E-state index contributed by atoms with van der Waals surface area (Å²) in [6.45, 7) is 6.82. The second kappa shape index (κ2) is 11.0. The van der Waals surface area contributed by atoms with Crippen molar-refractivity contribution in [3.8, 4) is 5.69 Å². The van der Waals surface area contributed by atoms with Crippen molar-refractivity contribution >= 4 is 29.9 Å². The third kappa shape index (κ3) is 5.94. The summed E-state index contributed by atoms with van der Waals surface area (Å²) in [7, 11) is 1.89. The van der Waals surface area contributed by atoms with Crippen molar-refractivity contribution in [1.29, 1.82) is 0 Å². The van der Waals surface area contributed by atoms with Gasteiger partial charge in [0.2, 0.25) is 0 Å². The molecule has 2 aliphatic heterocycles. The van der Waals surface area contributed by atoms with Crippen LogP contribution in [0.15, 0.2) is 47.7 Å². The Hall–Kier alpha value is -1.61. The number of likely N-dealkylation sites (tertiary alicyclic amines) is 2. The van der Waals surface area contributed by atoms with Crippen LogP contribution in [0, 0.1) is 5.92 Å². The smallest absolute Gasteiger partial charge is 0.193 e. The van der Waals surface area contributed by atoms with Gasteiger partial charge in [-0.3, -0.25) is 4.99 Å². The Bertz CT molecular complexity index is 769. The molecule has 2 aliphatic rings. The van der Waals surface area contributed by atoms with Crippen LogP contribution in [-0.4, -0.2) is 65.3 Å². The number of benzene rings is 1. The minimum Gasteiger partial charge on any atom is -0.352 e. The fraction of sp³-hybridized carbons (Fsp3) is 0.545. The molecule has 6 nitrogen and oxygen atoms in total. The second-order valence-corrected chi connectivity index (χ2v) is 7.98. The molecule has 2 aromatic rings. The van der Waals surface area contributed by atoms with Gasteiger partial charge < -0.3 is 15.1 Å². The summed E-state index contributed by atoms with van der Waals surface area (Å²) >= 11 is 0. The summed E-state index contributed by atoms with van der Waals surface area (Å²) in [6.07, 6.45) is 9.20. The van der Waals surface area contributed by atoms with Gasteiger partial charge >= 0.3 is 0 Å². The van der Waals surface area contributed by atoms with Crippen molar-refractivity contribution in [3.05, 3.63) is 48.3 Å². The fourth-order valence-electron chi connectivity index (χ4n) is 4.43. The van der Waals surface area contributed by atoms with Crippen LogP contribution in [0.4, 0.5) is 0 Å². The largest absolute Gasteiger partial charge is 0.352 e. The first kappa shape index (κ1) is 22.1. The van der Waals surface area contributed by atoms with E-state index in [2.05, 4.69) is 49.5 Å². The molecule has 2 fully saturated rings. The Labute approximate surface area is 191 Å². The molecule has 0 amide bonds. The first-order valence-corrected chi connectivity index (χ1v) is 10.6. The van der Waals surface area contributed by atoms with Crippen molar-refractivity contribution in [2.75, 3.05) is 39.8 Å². The van der Waals surface area contributed by atoms with Crippen LogP contribution in [0.25, 0.3) is 5.69 Å². The molecule has 0 spiro atoms. The van der Waals surface area contributed by atoms with Gasteiger partial charge in [-0.2, -0.15) is 5.10 Å². The third-order valence-corrected chi connectivity index (χ3v) is 5.89. The molecule has 1 N–H and O–H groups in total. The van der Waals surface area contributed by atoms with Gasteiger partial charge in [-0.1, -0.05) is 18.6 Å². The van der Waals surface area contributed by atoms with Crippen LogP contribution in [0.3, 0.4) is 0 Å². The molecule has 3 heterocycles. The molecular formula is C22H33IN6. The molecule has 158 valence electrons. The van der Waals surface area contributed by atoms with E-state index in [4.69, 9.17) is 0 Å². The van der Waals surface area contributed by atoms with Gasteiger partial charge in [0, 0.05) is 45.6 Å². The Morgan fingerprint density at radius 2 is 2.03 bits per heavy atom. The molecule has 29 heavy (non-hydrogen) atoms. The zero-order chi connectivity index (χ0) is 19.2. The van der Waals surface area contributed by atoms with E-state index in [-0.39, 0.29) is 24.0 Å². The highest BCUT2D eigenvalue weighted by Crippen LogP contribution is 2.20. The van der Waals surface area contributed by atoms with Crippen molar-refractivity contribution < 1.29 is 0 Å². The number of aromatic nitrogens is 2. The predicted molar refractivity (Wildman–Crippen MR) is 129 cm³/mol. The number of hydrogen-bond acceptors (Lipinski definition) is 3. The maximum atomic E-state index is 4.54. The van der Waals surface area contributed by atoms with Crippen molar-refractivity contribution in [3.63, 3.8) is 0 Å². The Balaban J connectivity index is 0.00000240. The SMILES string of the molecule is CN=C(NCc1cccc(-n2cccn2)c1)N1CCC(CN2CCCCC2)C1.I. The van der Waals surface area contributed by atoms with E-state index in [0.29, 0.717) is 0 Å². The monoisotopic (exact) mass is 508 g/mol. The summed E-state index contributed by atoms with van der Waals surface area (Å²) in [6, 6.07) is 10.4. The zero-order valence-electron chi connectivity index (χ0n) is 17.3. The summed E-state index contributed by atoms with van der Waals surface area (Å²) in [5.74, 6) is 1.78. The maximum absolute atomic E-state index is 4.54. The molecule has 2 saturated heterocycles. The van der Waals surface area contributed by atoms with E-state index in [0.717, 1.165) is 37.2 Å². The standard InChI is InChI=1S/C22H32N6.HI/c1-23-22(27-14-9-20(18-27)17-26-11-3-2-4-12-26)24-16-19-7-5-8-21(15-19)28-13-6-10-25-28;/h5-8,10,13,15,20H,2-4,9,11-12,14,16-18H2,1H3,(H,23,24);1H. The van der Waals surface area contributed by atoms with E-state index in [9.17, 15) is 0 Å². The highest BCUT2D eigenvalue weighted by atomic mass is 127. The van der Waals surface area contributed by atoms with Gasteiger partial charge in [0.05, 0.1) is 5.69 Å². The highest BCUT2D eigenvalue weighted by Gasteiger charge is 2.26. The zero-order valence-corrected chi connectivity index (χ0v) is 19.7. The van der Waals surface area contributed by atoms with Crippen molar-refractivity contribution in [1.82, 2.24) is 24.9 Å². The van der Waals surface area contributed by atoms with E-state index in [1.165, 1.54) is 50.9 Å². The maximum Gasteiger partial charge on any atom is 0.193 e. The van der Waals surface area contributed by atoms with E-state index < -0.39 is 0 Å². The van der Waals surface area contributed by atoms with Crippen LogP contribution in [0.5, 0.6) is 0 Å². The Kier molecular flexibility index (Phi) is 8.35. The number of hydrogen-bond donors (Lipinski definition) is 1. The highest BCUT2D eigenvalue weighted by molar-refractivity contribution is 14.0. The third-order valence-electron chi connectivity index (χ3n) is 5.89. The van der Waals surface area contributed by atoms with E-state index >= 15 is 0 Å². The minimum atomic E-state index is 0. The van der Waals surface area contributed by atoms with Crippen molar-refractivity contribution in [2.24, 2.45) is 10.9 Å². The summed E-state index contributed by atoms with van der Waals surface area (Å²) < 4.78 is 1.89. The molecule has 1 unspecified atom stereocenters. The van der Waals surface area contributed by atoms with Gasteiger partial charge in [-0.05, 0) is 62.0 Å². The summed E-state index contributed by atoms with van der Waals surface area (Å²) in [5.41, 5.74) is 2.32. The van der Waals surface area contributed by atoms with Crippen LogP contribution in [0.2, 0.25) is 0 Å². The first-order valence-electron chi connectivity index (χ1n) is 10.6. The molecule has 0 saturated carbocycles. The number of piperidine rings is 1.